The molecule has 2 heteroatoms. The van der Waals surface area contributed by atoms with Crippen LogP contribution in [0.15, 0.2) is 54.6 Å². The van der Waals surface area contributed by atoms with Crippen molar-refractivity contribution in [3.8, 4) is 5.75 Å². The topological polar surface area (TPSA) is 29.5 Å². The summed E-state index contributed by atoms with van der Waals surface area (Å²) in [6, 6.07) is 17.5. The number of ether oxygens (including phenoxy) is 1. The molecule has 0 amide bonds. The summed E-state index contributed by atoms with van der Waals surface area (Å²) in [5.74, 6) is 0.856. The monoisotopic (exact) mass is 228 g/mol. The molecule has 0 aliphatic heterocycles. The maximum absolute atomic E-state index is 9.49. The maximum Gasteiger partial charge on any atom is 0.119 e. The van der Waals surface area contributed by atoms with E-state index in [2.05, 4.69) is 0 Å². The molecule has 0 spiro atoms. The van der Waals surface area contributed by atoms with Gasteiger partial charge in [-0.3, -0.25) is 0 Å². The van der Waals surface area contributed by atoms with Gasteiger partial charge in [0.25, 0.3) is 0 Å². The Kier molecular flexibility index (Phi) is 3.78. The number of hydrogen-bond acceptors (Lipinski definition) is 2. The van der Waals surface area contributed by atoms with Gasteiger partial charge in [-0.05, 0) is 36.2 Å². The molecule has 0 bridgehead atoms. The van der Waals surface area contributed by atoms with Gasteiger partial charge < -0.3 is 9.84 Å². The maximum atomic E-state index is 9.49. The molecule has 0 aromatic heterocycles. The first kappa shape index (κ1) is 11.7. The zero-order chi connectivity index (χ0) is 12.1. The summed E-state index contributed by atoms with van der Waals surface area (Å²) in [6.07, 6.45) is -0.438. The largest absolute Gasteiger partial charge is 0.489 e. The summed E-state index contributed by atoms with van der Waals surface area (Å²) < 4.78 is 5.65. The summed E-state index contributed by atoms with van der Waals surface area (Å²) in [5, 5.41) is 9.49. The molecule has 0 saturated carbocycles. The van der Waals surface area contributed by atoms with Gasteiger partial charge in [-0.15, -0.1) is 0 Å². The van der Waals surface area contributed by atoms with Crippen LogP contribution in [0.5, 0.6) is 5.75 Å². The quantitative estimate of drug-likeness (QED) is 0.869. The smallest absolute Gasteiger partial charge is 0.119 e. The molecular weight excluding hydrogens is 212 g/mol. The van der Waals surface area contributed by atoms with Gasteiger partial charge in [-0.2, -0.15) is 0 Å². The van der Waals surface area contributed by atoms with Gasteiger partial charge in [0.15, 0.2) is 0 Å². The fourth-order valence-electron chi connectivity index (χ4n) is 1.63. The fourth-order valence-corrected chi connectivity index (χ4v) is 1.63. The molecule has 0 fully saturated rings. The van der Waals surface area contributed by atoms with Crippen molar-refractivity contribution in [2.24, 2.45) is 0 Å². The van der Waals surface area contributed by atoms with E-state index in [1.807, 2.05) is 54.6 Å². The zero-order valence-corrected chi connectivity index (χ0v) is 9.84. The van der Waals surface area contributed by atoms with E-state index < -0.39 is 6.10 Å². The molecule has 0 saturated heterocycles. The van der Waals surface area contributed by atoms with E-state index in [0.29, 0.717) is 6.61 Å². The van der Waals surface area contributed by atoms with Crippen molar-refractivity contribution in [1.29, 1.82) is 0 Å². The van der Waals surface area contributed by atoms with Crippen molar-refractivity contribution in [1.82, 2.24) is 0 Å². The number of aliphatic hydroxyl groups is 1. The molecule has 1 atom stereocenters. The molecule has 17 heavy (non-hydrogen) atoms. The molecule has 0 radical (unpaired) electrons. The average molecular weight is 228 g/mol. The lowest BCUT2D eigenvalue weighted by atomic mass is 10.1. The van der Waals surface area contributed by atoms with Crippen molar-refractivity contribution in [2.45, 2.75) is 19.6 Å². The van der Waals surface area contributed by atoms with Crippen molar-refractivity contribution < 1.29 is 9.84 Å². The molecule has 2 aromatic rings. The number of aliphatic hydroxyl groups excluding tert-OH is 1. The summed E-state index contributed by atoms with van der Waals surface area (Å²) >= 11 is 0. The summed E-state index contributed by atoms with van der Waals surface area (Å²) in [5.41, 5.74) is 1.98. The molecule has 0 heterocycles. The highest BCUT2D eigenvalue weighted by atomic mass is 16.5. The minimum atomic E-state index is -0.438. The Bertz CT molecular complexity index is 463. The Morgan fingerprint density at radius 1 is 1.06 bits per heavy atom. The molecule has 2 rings (SSSR count). The first-order chi connectivity index (χ1) is 8.25. The molecule has 88 valence electrons. The van der Waals surface area contributed by atoms with Crippen LogP contribution in [0.4, 0.5) is 0 Å². The number of rotatable bonds is 4. The van der Waals surface area contributed by atoms with Crippen LogP contribution < -0.4 is 4.74 Å². The molecule has 0 aliphatic rings. The van der Waals surface area contributed by atoms with Crippen LogP contribution in [0, 0.1) is 0 Å². The molecule has 1 N–H and O–H groups in total. The lowest BCUT2D eigenvalue weighted by Gasteiger charge is -2.09. The minimum absolute atomic E-state index is 0.438. The van der Waals surface area contributed by atoms with Crippen molar-refractivity contribution in [3.05, 3.63) is 65.7 Å². The third-order valence-electron chi connectivity index (χ3n) is 2.58. The Labute approximate surface area is 101 Å². The van der Waals surface area contributed by atoms with Crippen LogP contribution in [0.1, 0.15) is 24.2 Å². The van der Waals surface area contributed by atoms with E-state index in [0.717, 1.165) is 16.9 Å². The van der Waals surface area contributed by atoms with Gasteiger partial charge in [0, 0.05) is 0 Å². The van der Waals surface area contributed by atoms with E-state index in [1.54, 1.807) is 6.92 Å². The molecular formula is C15H16O2. The van der Waals surface area contributed by atoms with E-state index in [-0.39, 0.29) is 0 Å². The third-order valence-corrected chi connectivity index (χ3v) is 2.58. The highest BCUT2D eigenvalue weighted by molar-refractivity contribution is 5.26. The number of para-hydroxylation sites is 1. The first-order valence-electron chi connectivity index (χ1n) is 5.70. The van der Waals surface area contributed by atoms with Gasteiger partial charge in [-0.1, -0.05) is 36.4 Å². The lowest BCUT2D eigenvalue weighted by Crippen LogP contribution is -1.97. The van der Waals surface area contributed by atoms with Crippen LogP contribution in [0.3, 0.4) is 0 Å². The van der Waals surface area contributed by atoms with Gasteiger partial charge in [0.2, 0.25) is 0 Å². The lowest BCUT2D eigenvalue weighted by molar-refractivity contribution is 0.199. The number of hydrogen-bond donors (Lipinski definition) is 1. The van der Waals surface area contributed by atoms with Crippen LogP contribution in [0.2, 0.25) is 0 Å². The molecule has 0 aliphatic carbocycles. The van der Waals surface area contributed by atoms with E-state index >= 15 is 0 Å². The zero-order valence-electron chi connectivity index (χ0n) is 9.84. The van der Waals surface area contributed by atoms with Crippen LogP contribution in [0.25, 0.3) is 0 Å². The second-order valence-electron chi connectivity index (χ2n) is 4.02. The normalized spacial score (nSPS) is 12.1. The highest BCUT2D eigenvalue weighted by Gasteiger charge is 2.02. The standard InChI is InChI=1S/C15H16O2/c1-12(16)14-7-5-6-13(10-14)11-17-15-8-3-2-4-9-15/h2-10,12,16H,11H2,1H3/t12-/m1/s1. The van der Waals surface area contributed by atoms with Crippen molar-refractivity contribution in [2.75, 3.05) is 0 Å². The highest BCUT2D eigenvalue weighted by Crippen LogP contribution is 2.16. The van der Waals surface area contributed by atoms with E-state index in [1.165, 1.54) is 0 Å². The van der Waals surface area contributed by atoms with E-state index in [9.17, 15) is 5.11 Å². The van der Waals surface area contributed by atoms with Crippen LogP contribution in [-0.2, 0) is 6.61 Å². The second-order valence-corrected chi connectivity index (χ2v) is 4.02. The predicted octanol–water partition coefficient (Wildman–Crippen LogP) is 3.32. The fraction of sp³-hybridized carbons (Fsp3) is 0.200. The summed E-state index contributed by atoms with van der Waals surface area (Å²) in [4.78, 5) is 0. The Hall–Kier alpha value is -1.80. The van der Waals surface area contributed by atoms with Gasteiger partial charge in [0.1, 0.15) is 12.4 Å². The van der Waals surface area contributed by atoms with Crippen molar-refractivity contribution in [3.63, 3.8) is 0 Å². The van der Waals surface area contributed by atoms with Crippen LogP contribution >= 0.6 is 0 Å². The van der Waals surface area contributed by atoms with Gasteiger partial charge in [0.05, 0.1) is 6.10 Å². The minimum Gasteiger partial charge on any atom is -0.489 e. The summed E-state index contributed by atoms with van der Waals surface area (Å²) in [7, 11) is 0. The average Bonchev–Trinajstić information content (AvgIpc) is 2.38. The Morgan fingerprint density at radius 2 is 1.82 bits per heavy atom. The Morgan fingerprint density at radius 3 is 2.53 bits per heavy atom. The summed E-state index contributed by atoms with van der Waals surface area (Å²) in [6.45, 7) is 2.28. The van der Waals surface area contributed by atoms with Gasteiger partial charge in [-0.25, -0.2) is 0 Å². The van der Waals surface area contributed by atoms with Crippen molar-refractivity contribution >= 4 is 0 Å². The third kappa shape index (κ3) is 3.33. The second kappa shape index (κ2) is 5.51. The van der Waals surface area contributed by atoms with Crippen LogP contribution in [-0.4, -0.2) is 5.11 Å². The predicted molar refractivity (Wildman–Crippen MR) is 67.8 cm³/mol. The SMILES string of the molecule is C[C@@H](O)c1cccc(COc2ccccc2)c1. The van der Waals surface area contributed by atoms with E-state index in [4.69, 9.17) is 4.74 Å². The number of benzene rings is 2. The first-order valence-corrected chi connectivity index (χ1v) is 5.70. The molecule has 0 unspecified atom stereocenters. The molecule has 2 aromatic carbocycles. The molecule has 2 nitrogen and oxygen atoms in total. The Balaban J connectivity index is 2.02. The van der Waals surface area contributed by atoms with Gasteiger partial charge >= 0.3 is 0 Å².